The SMILES string of the molecule is CN(C)C(=O)C[C@H]1CN2C[C@@H](NC(=O)NCc3cccc(F)c3)C[C@H]2CO1. The summed E-state index contributed by atoms with van der Waals surface area (Å²) >= 11 is 0. The molecule has 2 N–H and O–H groups in total. The van der Waals surface area contributed by atoms with Gasteiger partial charge in [-0.05, 0) is 24.1 Å². The summed E-state index contributed by atoms with van der Waals surface area (Å²) in [6, 6.07) is 6.22. The smallest absolute Gasteiger partial charge is 0.315 e. The molecule has 2 saturated heterocycles. The van der Waals surface area contributed by atoms with Crippen LogP contribution in [-0.2, 0) is 16.1 Å². The Hall–Kier alpha value is -2.19. The van der Waals surface area contributed by atoms with Crippen LogP contribution in [0, 0.1) is 5.82 Å². The average molecular weight is 378 g/mol. The summed E-state index contributed by atoms with van der Waals surface area (Å²) in [5.74, 6) is -0.256. The molecule has 0 spiro atoms. The number of urea groups is 1. The van der Waals surface area contributed by atoms with E-state index in [0.29, 0.717) is 19.6 Å². The summed E-state index contributed by atoms with van der Waals surface area (Å²) < 4.78 is 19.0. The van der Waals surface area contributed by atoms with Gasteiger partial charge in [0.25, 0.3) is 0 Å². The van der Waals surface area contributed by atoms with E-state index < -0.39 is 0 Å². The molecule has 2 aliphatic rings. The normalized spacial score (nSPS) is 24.9. The van der Waals surface area contributed by atoms with Crippen LogP contribution in [0.3, 0.4) is 0 Å². The summed E-state index contributed by atoms with van der Waals surface area (Å²) in [5.41, 5.74) is 0.718. The minimum absolute atomic E-state index is 0.0365. The van der Waals surface area contributed by atoms with E-state index in [4.69, 9.17) is 4.74 Å². The first-order valence-electron chi connectivity index (χ1n) is 9.25. The van der Waals surface area contributed by atoms with Crippen LogP contribution in [0.5, 0.6) is 0 Å². The van der Waals surface area contributed by atoms with Crippen LogP contribution in [0.2, 0.25) is 0 Å². The Morgan fingerprint density at radius 1 is 1.33 bits per heavy atom. The first kappa shape index (κ1) is 19.6. The van der Waals surface area contributed by atoms with E-state index in [-0.39, 0.29) is 42.5 Å². The molecule has 0 radical (unpaired) electrons. The zero-order valence-corrected chi connectivity index (χ0v) is 15.8. The lowest BCUT2D eigenvalue weighted by Crippen LogP contribution is -2.48. The van der Waals surface area contributed by atoms with Gasteiger partial charge in [0.15, 0.2) is 0 Å². The Balaban J connectivity index is 1.42. The molecule has 3 atom stereocenters. The molecule has 1 aromatic rings. The van der Waals surface area contributed by atoms with Crippen LogP contribution in [0.1, 0.15) is 18.4 Å². The van der Waals surface area contributed by atoms with E-state index in [1.165, 1.54) is 12.1 Å². The summed E-state index contributed by atoms with van der Waals surface area (Å²) in [4.78, 5) is 27.9. The highest BCUT2D eigenvalue weighted by Gasteiger charge is 2.38. The van der Waals surface area contributed by atoms with Crippen LogP contribution < -0.4 is 10.6 Å². The van der Waals surface area contributed by atoms with Crippen LogP contribution >= 0.6 is 0 Å². The van der Waals surface area contributed by atoms with Crippen molar-refractivity contribution in [3.63, 3.8) is 0 Å². The molecular formula is C19H27FN4O3. The van der Waals surface area contributed by atoms with E-state index in [0.717, 1.165) is 18.5 Å². The van der Waals surface area contributed by atoms with E-state index in [2.05, 4.69) is 15.5 Å². The third-order valence-electron chi connectivity index (χ3n) is 5.07. The van der Waals surface area contributed by atoms with Gasteiger partial charge in [0.05, 0.1) is 19.1 Å². The molecule has 0 unspecified atom stereocenters. The van der Waals surface area contributed by atoms with Crippen LogP contribution in [0.25, 0.3) is 0 Å². The van der Waals surface area contributed by atoms with Crippen molar-refractivity contribution >= 4 is 11.9 Å². The number of morpholine rings is 1. The number of fused-ring (bicyclic) bond motifs is 1. The van der Waals surface area contributed by atoms with Gasteiger partial charge in [0.1, 0.15) is 5.82 Å². The number of nitrogens with one attached hydrogen (secondary N) is 2. The van der Waals surface area contributed by atoms with Gasteiger partial charge in [-0.3, -0.25) is 9.69 Å². The summed E-state index contributed by atoms with van der Waals surface area (Å²) in [6.07, 6.45) is 1.10. The molecule has 0 saturated carbocycles. The zero-order chi connectivity index (χ0) is 19.4. The maximum atomic E-state index is 13.2. The molecule has 0 aromatic heterocycles. The Morgan fingerprint density at radius 2 is 2.15 bits per heavy atom. The van der Waals surface area contributed by atoms with Crippen molar-refractivity contribution in [1.29, 1.82) is 0 Å². The Kier molecular flexibility index (Phi) is 6.28. The highest BCUT2D eigenvalue weighted by Crippen LogP contribution is 2.24. The van der Waals surface area contributed by atoms with Gasteiger partial charge in [-0.15, -0.1) is 0 Å². The summed E-state index contributed by atoms with van der Waals surface area (Å²) in [6.45, 7) is 2.30. The first-order valence-corrected chi connectivity index (χ1v) is 9.25. The fourth-order valence-corrected chi connectivity index (χ4v) is 3.61. The van der Waals surface area contributed by atoms with E-state index >= 15 is 0 Å². The third kappa shape index (κ3) is 5.40. The highest BCUT2D eigenvalue weighted by atomic mass is 19.1. The van der Waals surface area contributed by atoms with Crippen molar-refractivity contribution in [2.45, 2.75) is 37.6 Å². The molecule has 3 rings (SSSR count). The highest BCUT2D eigenvalue weighted by molar-refractivity contribution is 5.76. The second kappa shape index (κ2) is 8.67. The van der Waals surface area contributed by atoms with Gasteiger partial charge >= 0.3 is 6.03 Å². The van der Waals surface area contributed by atoms with Gasteiger partial charge in [0.2, 0.25) is 5.91 Å². The third-order valence-corrected chi connectivity index (χ3v) is 5.07. The Labute approximate surface area is 158 Å². The summed E-state index contributed by atoms with van der Waals surface area (Å²) in [5, 5.41) is 5.74. The van der Waals surface area contributed by atoms with Crippen LogP contribution in [-0.4, -0.2) is 73.7 Å². The Bertz CT molecular complexity index is 685. The predicted molar refractivity (Wildman–Crippen MR) is 98.6 cm³/mol. The molecule has 2 heterocycles. The topological polar surface area (TPSA) is 73.9 Å². The van der Waals surface area contributed by atoms with Gasteiger partial charge in [-0.2, -0.15) is 0 Å². The van der Waals surface area contributed by atoms with E-state index in [1.807, 2.05) is 0 Å². The monoisotopic (exact) mass is 378 g/mol. The number of carbonyl (C=O) groups excluding carboxylic acids is 2. The predicted octanol–water partition coefficient (Wildman–Crippen LogP) is 0.945. The summed E-state index contributed by atoms with van der Waals surface area (Å²) in [7, 11) is 3.48. The quantitative estimate of drug-likeness (QED) is 0.800. The molecule has 2 aliphatic heterocycles. The maximum Gasteiger partial charge on any atom is 0.315 e. The van der Waals surface area contributed by atoms with Crippen molar-refractivity contribution in [2.24, 2.45) is 0 Å². The number of benzene rings is 1. The van der Waals surface area contributed by atoms with Crippen LogP contribution in [0.4, 0.5) is 9.18 Å². The van der Waals surface area contributed by atoms with Crippen molar-refractivity contribution in [3.05, 3.63) is 35.6 Å². The number of rotatable bonds is 5. The zero-order valence-electron chi connectivity index (χ0n) is 15.8. The number of hydrogen-bond donors (Lipinski definition) is 2. The molecule has 148 valence electrons. The molecule has 2 fully saturated rings. The maximum absolute atomic E-state index is 13.2. The van der Waals surface area contributed by atoms with E-state index in [1.54, 1.807) is 31.1 Å². The lowest BCUT2D eigenvalue weighted by molar-refractivity contribution is -0.134. The number of carbonyl (C=O) groups is 2. The van der Waals surface area contributed by atoms with Gasteiger partial charge < -0.3 is 20.3 Å². The lowest BCUT2D eigenvalue weighted by atomic mass is 10.1. The number of halogens is 1. The number of hydrogen-bond acceptors (Lipinski definition) is 4. The second-order valence-electron chi connectivity index (χ2n) is 7.44. The second-order valence-corrected chi connectivity index (χ2v) is 7.44. The average Bonchev–Trinajstić information content (AvgIpc) is 3.01. The standard InChI is InChI=1S/C19H27FN4O3/c1-23(2)18(25)8-17-11-24-10-15(7-16(24)12-27-17)22-19(26)21-9-13-4-3-5-14(20)6-13/h3-6,15-17H,7-12H2,1-2H3,(H2,21,22,26)/t15-,16-,17-/m0/s1. The minimum atomic E-state index is -0.315. The first-order chi connectivity index (χ1) is 12.9. The number of nitrogens with zero attached hydrogens (tertiary/aromatic N) is 2. The van der Waals surface area contributed by atoms with Crippen molar-refractivity contribution < 1.29 is 18.7 Å². The molecule has 7 nitrogen and oxygen atoms in total. The molecule has 27 heavy (non-hydrogen) atoms. The molecule has 8 heteroatoms. The molecule has 0 bridgehead atoms. The van der Waals surface area contributed by atoms with E-state index in [9.17, 15) is 14.0 Å². The molecule has 0 aliphatic carbocycles. The molecule has 3 amide bonds. The fraction of sp³-hybridized carbons (Fsp3) is 0.579. The molecular weight excluding hydrogens is 351 g/mol. The van der Waals surface area contributed by atoms with Gasteiger partial charge in [0, 0.05) is 45.8 Å². The number of amides is 3. The van der Waals surface area contributed by atoms with Gasteiger partial charge in [-0.25, -0.2) is 9.18 Å². The molecule has 1 aromatic carbocycles. The Morgan fingerprint density at radius 3 is 2.89 bits per heavy atom. The minimum Gasteiger partial charge on any atom is -0.375 e. The van der Waals surface area contributed by atoms with Crippen molar-refractivity contribution in [3.8, 4) is 0 Å². The largest absolute Gasteiger partial charge is 0.375 e. The lowest BCUT2D eigenvalue weighted by Gasteiger charge is -2.35. The number of ether oxygens (including phenoxy) is 1. The van der Waals surface area contributed by atoms with Crippen molar-refractivity contribution in [1.82, 2.24) is 20.4 Å². The fourth-order valence-electron chi connectivity index (χ4n) is 3.61. The van der Waals surface area contributed by atoms with Crippen LogP contribution in [0.15, 0.2) is 24.3 Å². The van der Waals surface area contributed by atoms with Gasteiger partial charge in [-0.1, -0.05) is 12.1 Å². The van der Waals surface area contributed by atoms with Crippen molar-refractivity contribution in [2.75, 3.05) is 33.8 Å².